The van der Waals surface area contributed by atoms with Gasteiger partial charge in [-0.05, 0) is 51.4 Å². The van der Waals surface area contributed by atoms with Crippen molar-refractivity contribution in [1.82, 2.24) is 5.32 Å². The Morgan fingerprint density at radius 1 is 1.19 bits per heavy atom. The van der Waals surface area contributed by atoms with E-state index in [4.69, 9.17) is 5.11 Å². The third-order valence-electron chi connectivity index (χ3n) is 5.21. The molecule has 0 bridgehead atoms. The fourth-order valence-electron chi connectivity index (χ4n) is 4.46. The number of hydrogen-bond donors (Lipinski definition) is 2. The second-order valence-corrected chi connectivity index (χ2v) is 7.38. The van der Waals surface area contributed by atoms with Crippen molar-refractivity contribution in [3.05, 3.63) is 0 Å². The summed E-state index contributed by atoms with van der Waals surface area (Å²) in [4.78, 5) is 10.8. The van der Waals surface area contributed by atoms with E-state index in [0.29, 0.717) is 6.42 Å². The van der Waals surface area contributed by atoms with Gasteiger partial charge in [0.2, 0.25) is 0 Å². The quantitative estimate of drug-likeness (QED) is 0.645. The summed E-state index contributed by atoms with van der Waals surface area (Å²) in [5, 5.41) is 12.8. The predicted molar refractivity (Wildman–Crippen MR) is 88.6 cm³/mol. The molecule has 3 unspecified atom stereocenters. The molecular weight excluding hydrogens is 262 g/mol. The maximum Gasteiger partial charge on any atom is 0.303 e. The number of carboxylic acids is 1. The van der Waals surface area contributed by atoms with Crippen LogP contribution in [0.15, 0.2) is 0 Å². The second kappa shape index (κ2) is 8.17. The minimum Gasteiger partial charge on any atom is -0.481 e. The van der Waals surface area contributed by atoms with Crippen molar-refractivity contribution in [2.24, 2.45) is 5.92 Å². The van der Waals surface area contributed by atoms with Gasteiger partial charge in [0.25, 0.3) is 0 Å². The van der Waals surface area contributed by atoms with Crippen LogP contribution in [0.5, 0.6) is 0 Å². The summed E-state index contributed by atoms with van der Waals surface area (Å²) >= 11 is 0. The molecule has 0 aliphatic carbocycles. The molecule has 3 nitrogen and oxygen atoms in total. The van der Waals surface area contributed by atoms with Gasteiger partial charge in [0.1, 0.15) is 0 Å². The number of rotatable bonds is 9. The van der Waals surface area contributed by atoms with E-state index >= 15 is 0 Å². The number of carbonyl (C=O) groups is 1. The molecule has 0 aromatic carbocycles. The first-order valence-electron chi connectivity index (χ1n) is 8.90. The Morgan fingerprint density at radius 2 is 1.90 bits per heavy atom. The highest BCUT2D eigenvalue weighted by Gasteiger charge is 2.43. The van der Waals surface area contributed by atoms with Gasteiger partial charge in [0, 0.05) is 17.5 Å². The Labute approximate surface area is 130 Å². The molecule has 1 rings (SSSR count). The minimum absolute atomic E-state index is 0.110. The molecule has 0 saturated carbocycles. The molecule has 1 heterocycles. The van der Waals surface area contributed by atoms with E-state index < -0.39 is 5.97 Å². The van der Waals surface area contributed by atoms with E-state index in [2.05, 4.69) is 33.0 Å². The molecule has 0 amide bonds. The molecule has 1 saturated heterocycles. The van der Waals surface area contributed by atoms with Crippen LogP contribution in [0.25, 0.3) is 0 Å². The first-order valence-corrected chi connectivity index (χ1v) is 8.90. The highest BCUT2D eigenvalue weighted by molar-refractivity contribution is 5.66. The van der Waals surface area contributed by atoms with Crippen LogP contribution in [-0.2, 0) is 4.79 Å². The zero-order chi connectivity index (χ0) is 15.9. The summed E-state index contributed by atoms with van der Waals surface area (Å²) in [5.41, 5.74) is 0.378. The zero-order valence-electron chi connectivity index (χ0n) is 14.5. The normalized spacial score (nSPS) is 33.0. The Kier molecular flexibility index (Phi) is 7.19. The Morgan fingerprint density at radius 3 is 2.43 bits per heavy atom. The molecule has 0 aromatic rings. The van der Waals surface area contributed by atoms with Gasteiger partial charge in [-0.2, -0.15) is 0 Å². The third kappa shape index (κ3) is 5.61. The molecule has 0 aromatic heterocycles. The average Bonchev–Trinajstić information content (AvgIpc) is 2.38. The van der Waals surface area contributed by atoms with Gasteiger partial charge in [-0.1, -0.05) is 40.0 Å². The fourth-order valence-corrected chi connectivity index (χ4v) is 4.46. The number of carboxylic acid groups (broad SMARTS) is 1. The van der Waals surface area contributed by atoms with E-state index in [0.717, 1.165) is 18.8 Å². The monoisotopic (exact) mass is 297 g/mol. The Hall–Kier alpha value is -0.570. The van der Waals surface area contributed by atoms with Gasteiger partial charge in [-0.15, -0.1) is 0 Å². The fraction of sp³-hybridized carbons (Fsp3) is 0.944. The van der Waals surface area contributed by atoms with Crippen molar-refractivity contribution in [2.45, 2.75) is 103 Å². The van der Waals surface area contributed by atoms with Gasteiger partial charge in [-0.25, -0.2) is 0 Å². The van der Waals surface area contributed by atoms with Gasteiger partial charge in [0.05, 0.1) is 0 Å². The molecule has 124 valence electrons. The molecule has 1 fully saturated rings. The van der Waals surface area contributed by atoms with Crippen LogP contribution < -0.4 is 5.32 Å². The lowest BCUT2D eigenvalue weighted by Gasteiger charge is -2.51. The lowest BCUT2D eigenvalue weighted by Crippen LogP contribution is -2.61. The lowest BCUT2D eigenvalue weighted by molar-refractivity contribution is -0.137. The van der Waals surface area contributed by atoms with Crippen molar-refractivity contribution in [2.75, 3.05) is 0 Å². The van der Waals surface area contributed by atoms with Crippen LogP contribution >= 0.6 is 0 Å². The summed E-state index contributed by atoms with van der Waals surface area (Å²) in [7, 11) is 0. The highest BCUT2D eigenvalue weighted by Crippen LogP contribution is 2.41. The summed E-state index contributed by atoms with van der Waals surface area (Å²) in [6.45, 7) is 9.16. The molecule has 0 radical (unpaired) electrons. The third-order valence-corrected chi connectivity index (χ3v) is 5.21. The summed E-state index contributed by atoms with van der Waals surface area (Å²) in [6, 6.07) is 0. The van der Waals surface area contributed by atoms with Crippen LogP contribution in [0.1, 0.15) is 91.9 Å². The molecule has 3 atom stereocenters. The van der Waals surface area contributed by atoms with Gasteiger partial charge in [0.15, 0.2) is 0 Å². The number of piperidine rings is 1. The minimum atomic E-state index is -0.671. The highest BCUT2D eigenvalue weighted by atomic mass is 16.4. The average molecular weight is 297 g/mol. The summed E-state index contributed by atoms with van der Waals surface area (Å²) < 4.78 is 0. The molecular formula is C18H35NO2. The van der Waals surface area contributed by atoms with Gasteiger partial charge >= 0.3 is 5.97 Å². The van der Waals surface area contributed by atoms with Gasteiger partial charge in [-0.3, -0.25) is 4.79 Å². The van der Waals surface area contributed by atoms with Crippen molar-refractivity contribution in [3.63, 3.8) is 0 Å². The van der Waals surface area contributed by atoms with E-state index in [1.165, 1.54) is 44.9 Å². The van der Waals surface area contributed by atoms with Crippen molar-refractivity contribution < 1.29 is 9.90 Å². The van der Waals surface area contributed by atoms with Gasteiger partial charge < -0.3 is 10.4 Å². The maximum atomic E-state index is 10.8. The maximum absolute atomic E-state index is 10.8. The molecule has 3 heteroatoms. The molecule has 1 aliphatic heterocycles. The summed E-state index contributed by atoms with van der Waals surface area (Å²) in [5.74, 6) is 0.118. The standard InChI is InChI=1S/C18H35NO2/c1-5-9-15-13-17(4,12-8-10-16(20)21)19-18(7-3,14-15)11-6-2/h15,19H,5-14H2,1-4H3,(H,20,21). The van der Waals surface area contributed by atoms with Crippen LogP contribution in [0.3, 0.4) is 0 Å². The summed E-state index contributed by atoms with van der Waals surface area (Å²) in [6.07, 6.45) is 10.7. The van der Waals surface area contributed by atoms with E-state index in [1.807, 2.05) is 0 Å². The number of hydrogen-bond acceptors (Lipinski definition) is 2. The smallest absolute Gasteiger partial charge is 0.303 e. The van der Waals surface area contributed by atoms with E-state index in [1.54, 1.807) is 0 Å². The molecule has 1 aliphatic rings. The van der Waals surface area contributed by atoms with E-state index in [9.17, 15) is 4.79 Å². The lowest BCUT2D eigenvalue weighted by atomic mass is 9.68. The molecule has 21 heavy (non-hydrogen) atoms. The Bertz CT molecular complexity index is 331. The molecule has 0 spiro atoms. The van der Waals surface area contributed by atoms with E-state index in [-0.39, 0.29) is 11.1 Å². The van der Waals surface area contributed by atoms with Crippen LogP contribution in [0.2, 0.25) is 0 Å². The number of nitrogens with one attached hydrogen (secondary N) is 1. The molecule has 2 N–H and O–H groups in total. The van der Waals surface area contributed by atoms with Crippen molar-refractivity contribution >= 4 is 5.97 Å². The van der Waals surface area contributed by atoms with Crippen molar-refractivity contribution in [1.29, 1.82) is 0 Å². The van der Waals surface area contributed by atoms with Crippen LogP contribution in [0.4, 0.5) is 0 Å². The van der Waals surface area contributed by atoms with Crippen LogP contribution in [0, 0.1) is 5.92 Å². The predicted octanol–water partition coefficient (Wildman–Crippen LogP) is 4.75. The van der Waals surface area contributed by atoms with Crippen LogP contribution in [-0.4, -0.2) is 22.2 Å². The first kappa shape index (κ1) is 18.5. The topological polar surface area (TPSA) is 49.3 Å². The second-order valence-electron chi connectivity index (χ2n) is 7.38. The SMILES string of the molecule is CCCC1CC(C)(CCCC(=O)O)NC(CC)(CCC)C1. The Balaban J connectivity index is 2.78. The largest absolute Gasteiger partial charge is 0.481 e. The first-order chi connectivity index (χ1) is 9.88. The zero-order valence-corrected chi connectivity index (χ0v) is 14.5. The number of aliphatic carboxylic acids is 1. The van der Waals surface area contributed by atoms with Crippen molar-refractivity contribution in [3.8, 4) is 0 Å².